The van der Waals surface area contributed by atoms with Crippen LogP contribution in [0.1, 0.15) is 18.0 Å². The van der Waals surface area contributed by atoms with Gasteiger partial charge in [-0.3, -0.25) is 4.79 Å². The predicted molar refractivity (Wildman–Crippen MR) is 56.1 cm³/mol. The Morgan fingerprint density at radius 3 is 2.85 bits per heavy atom. The molecule has 0 spiro atoms. The standard InChI is InChI=1S/C8H9IN2O2/c9-7-2-1-5(4-11-7)6(10)3-8(12)13/h1-2,4,6H,3,10H2,(H,12,13). The molecule has 0 aliphatic rings. The highest BCUT2D eigenvalue weighted by Gasteiger charge is 2.10. The summed E-state index contributed by atoms with van der Waals surface area (Å²) in [5, 5.41) is 8.50. The van der Waals surface area contributed by atoms with Crippen molar-refractivity contribution in [1.82, 2.24) is 4.98 Å². The molecule has 0 aromatic carbocycles. The van der Waals surface area contributed by atoms with Crippen LogP contribution in [0.4, 0.5) is 0 Å². The molecular formula is C8H9IN2O2. The second-order valence-electron chi connectivity index (χ2n) is 2.62. The Bertz CT molecular complexity index is 300. The van der Waals surface area contributed by atoms with E-state index in [9.17, 15) is 4.79 Å². The molecule has 3 N–H and O–H groups in total. The number of halogens is 1. The van der Waals surface area contributed by atoms with Crippen molar-refractivity contribution in [2.24, 2.45) is 5.73 Å². The van der Waals surface area contributed by atoms with Gasteiger partial charge in [-0.1, -0.05) is 6.07 Å². The van der Waals surface area contributed by atoms with E-state index in [1.165, 1.54) is 0 Å². The fraction of sp³-hybridized carbons (Fsp3) is 0.250. The molecule has 1 unspecified atom stereocenters. The summed E-state index contributed by atoms with van der Waals surface area (Å²) in [5.41, 5.74) is 6.38. The quantitative estimate of drug-likeness (QED) is 0.647. The zero-order valence-electron chi connectivity index (χ0n) is 6.77. The number of nitrogens with zero attached hydrogens (tertiary/aromatic N) is 1. The van der Waals surface area contributed by atoms with Gasteiger partial charge in [0, 0.05) is 12.2 Å². The van der Waals surface area contributed by atoms with Gasteiger partial charge in [-0.2, -0.15) is 0 Å². The molecule has 1 atom stereocenters. The summed E-state index contributed by atoms with van der Waals surface area (Å²) >= 11 is 2.08. The smallest absolute Gasteiger partial charge is 0.305 e. The molecule has 0 fully saturated rings. The van der Waals surface area contributed by atoms with Crippen molar-refractivity contribution in [3.63, 3.8) is 0 Å². The first kappa shape index (κ1) is 10.4. The Morgan fingerprint density at radius 2 is 2.38 bits per heavy atom. The molecule has 1 rings (SSSR count). The summed E-state index contributed by atoms with van der Waals surface area (Å²) in [5.74, 6) is -0.897. The summed E-state index contributed by atoms with van der Waals surface area (Å²) in [6, 6.07) is 3.13. The van der Waals surface area contributed by atoms with Crippen LogP contribution in [-0.4, -0.2) is 16.1 Å². The summed E-state index contributed by atoms with van der Waals surface area (Å²) in [6.07, 6.45) is 1.54. The maximum absolute atomic E-state index is 10.3. The molecule has 0 bridgehead atoms. The van der Waals surface area contributed by atoms with E-state index in [4.69, 9.17) is 10.8 Å². The average molecular weight is 292 g/mol. The lowest BCUT2D eigenvalue weighted by atomic mass is 10.1. The fourth-order valence-electron chi connectivity index (χ4n) is 0.913. The number of carbonyl (C=O) groups is 1. The summed E-state index contributed by atoms with van der Waals surface area (Å²) in [6.45, 7) is 0. The molecule has 0 aliphatic heterocycles. The van der Waals surface area contributed by atoms with Crippen LogP contribution in [0.25, 0.3) is 0 Å². The van der Waals surface area contributed by atoms with Crippen LogP contribution in [0.2, 0.25) is 0 Å². The van der Waals surface area contributed by atoms with Gasteiger partial charge in [-0.15, -0.1) is 0 Å². The number of hydrogen-bond acceptors (Lipinski definition) is 3. The Balaban J connectivity index is 2.71. The molecule has 0 amide bonds. The van der Waals surface area contributed by atoms with Gasteiger partial charge in [0.25, 0.3) is 0 Å². The molecule has 0 saturated carbocycles. The normalized spacial score (nSPS) is 12.5. The number of hydrogen-bond donors (Lipinski definition) is 2. The molecule has 1 heterocycles. The maximum atomic E-state index is 10.3. The molecule has 0 saturated heterocycles. The molecule has 1 aromatic rings. The van der Waals surface area contributed by atoms with Crippen LogP contribution in [-0.2, 0) is 4.79 Å². The minimum atomic E-state index is -0.897. The first-order valence-corrected chi connectivity index (χ1v) is 4.76. The third kappa shape index (κ3) is 3.27. The Morgan fingerprint density at radius 1 is 1.69 bits per heavy atom. The lowest BCUT2D eigenvalue weighted by Crippen LogP contribution is -2.15. The highest BCUT2D eigenvalue weighted by molar-refractivity contribution is 14.1. The Kier molecular flexibility index (Phi) is 3.61. The number of aromatic nitrogens is 1. The van der Waals surface area contributed by atoms with Gasteiger partial charge in [0.15, 0.2) is 0 Å². The lowest BCUT2D eigenvalue weighted by Gasteiger charge is -2.07. The third-order valence-corrected chi connectivity index (χ3v) is 2.21. The monoisotopic (exact) mass is 292 g/mol. The molecular weight excluding hydrogens is 283 g/mol. The van der Waals surface area contributed by atoms with E-state index >= 15 is 0 Å². The van der Waals surface area contributed by atoms with Gasteiger partial charge in [0.2, 0.25) is 0 Å². The van der Waals surface area contributed by atoms with Crippen LogP contribution in [0.3, 0.4) is 0 Å². The fourth-order valence-corrected chi connectivity index (χ4v) is 1.23. The lowest BCUT2D eigenvalue weighted by molar-refractivity contribution is -0.137. The second kappa shape index (κ2) is 4.52. The Labute approximate surface area is 89.3 Å². The van der Waals surface area contributed by atoms with Crippen molar-refractivity contribution in [2.75, 3.05) is 0 Å². The van der Waals surface area contributed by atoms with E-state index in [1.807, 2.05) is 0 Å². The molecule has 4 nitrogen and oxygen atoms in total. The van der Waals surface area contributed by atoms with Crippen molar-refractivity contribution in [1.29, 1.82) is 0 Å². The van der Waals surface area contributed by atoms with Gasteiger partial charge in [-0.05, 0) is 34.2 Å². The number of nitrogens with two attached hydrogens (primary N) is 1. The largest absolute Gasteiger partial charge is 0.481 e. The number of pyridine rings is 1. The first-order valence-electron chi connectivity index (χ1n) is 3.68. The van der Waals surface area contributed by atoms with Gasteiger partial charge in [0.1, 0.15) is 3.70 Å². The first-order chi connectivity index (χ1) is 6.09. The molecule has 5 heteroatoms. The second-order valence-corrected chi connectivity index (χ2v) is 3.72. The summed E-state index contributed by atoms with van der Waals surface area (Å²) < 4.78 is 0.865. The van der Waals surface area contributed by atoms with Gasteiger partial charge >= 0.3 is 5.97 Å². The van der Waals surface area contributed by atoms with Crippen LogP contribution in [0, 0.1) is 3.70 Å². The van der Waals surface area contributed by atoms with E-state index in [0.29, 0.717) is 0 Å². The SMILES string of the molecule is NC(CC(=O)O)c1ccc(I)nc1. The molecule has 0 radical (unpaired) electrons. The average Bonchev–Trinajstić information content (AvgIpc) is 2.04. The van der Waals surface area contributed by atoms with Crippen molar-refractivity contribution in [3.8, 4) is 0 Å². The topological polar surface area (TPSA) is 76.2 Å². The minimum Gasteiger partial charge on any atom is -0.481 e. The van der Waals surface area contributed by atoms with E-state index in [1.54, 1.807) is 18.3 Å². The maximum Gasteiger partial charge on any atom is 0.305 e. The number of aliphatic carboxylic acids is 1. The summed E-state index contributed by atoms with van der Waals surface area (Å²) in [4.78, 5) is 14.4. The zero-order valence-corrected chi connectivity index (χ0v) is 8.93. The van der Waals surface area contributed by atoms with E-state index in [0.717, 1.165) is 9.26 Å². The number of carboxylic acid groups (broad SMARTS) is 1. The molecule has 13 heavy (non-hydrogen) atoms. The highest BCUT2D eigenvalue weighted by Crippen LogP contribution is 2.13. The van der Waals surface area contributed by atoms with Crippen molar-refractivity contribution in [3.05, 3.63) is 27.6 Å². The van der Waals surface area contributed by atoms with Crippen molar-refractivity contribution >= 4 is 28.6 Å². The number of rotatable bonds is 3. The van der Waals surface area contributed by atoms with Crippen LogP contribution in [0.5, 0.6) is 0 Å². The van der Waals surface area contributed by atoms with E-state index < -0.39 is 12.0 Å². The van der Waals surface area contributed by atoms with Gasteiger partial charge in [0.05, 0.1) is 6.42 Å². The summed E-state index contributed by atoms with van der Waals surface area (Å²) in [7, 11) is 0. The molecule has 0 aliphatic carbocycles. The van der Waals surface area contributed by atoms with E-state index in [-0.39, 0.29) is 6.42 Å². The van der Waals surface area contributed by atoms with Crippen molar-refractivity contribution in [2.45, 2.75) is 12.5 Å². The van der Waals surface area contributed by atoms with Crippen molar-refractivity contribution < 1.29 is 9.90 Å². The van der Waals surface area contributed by atoms with Gasteiger partial charge < -0.3 is 10.8 Å². The predicted octanol–water partition coefficient (Wildman–Crippen LogP) is 1.16. The minimum absolute atomic E-state index is 0.0672. The third-order valence-electron chi connectivity index (χ3n) is 1.57. The van der Waals surface area contributed by atoms with E-state index in [2.05, 4.69) is 27.6 Å². The van der Waals surface area contributed by atoms with Crippen LogP contribution in [0.15, 0.2) is 18.3 Å². The molecule has 1 aromatic heterocycles. The molecule has 70 valence electrons. The number of carboxylic acids is 1. The van der Waals surface area contributed by atoms with Crippen LogP contribution >= 0.6 is 22.6 Å². The Hall–Kier alpha value is -0.690. The highest BCUT2D eigenvalue weighted by atomic mass is 127. The van der Waals surface area contributed by atoms with Crippen LogP contribution < -0.4 is 5.73 Å². The van der Waals surface area contributed by atoms with Gasteiger partial charge in [-0.25, -0.2) is 4.98 Å². The zero-order chi connectivity index (χ0) is 9.84.